The zero-order valence-electron chi connectivity index (χ0n) is 24.3. The van der Waals surface area contributed by atoms with Crippen LogP contribution in [-0.2, 0) is 25.7 Å². The van der Waals surface area contributed by atoms with E-state index >= 15 is 0 Å². The van der Waals surface area contributed by atoms with Gasteiger partial charge in [0.2, 0.25) is 0 Å². The van der Waals surface area contributed by atoms with Gasteiger partial charge in [-0.15, -0.1) is 0 Å². The Labute approximate surface area is 240 Å². The predicted molar refractivity (Wildman–Crippen MR) is 173 cm³/mol. The van der Waals surface area contributed by atoms with Crippen molar-refractivity contribution in [3.05, 3.63) is 144 Å². The standard InChI is InChI=1S/C38H40N2/c1-5-29-9-17-33(18-10-29)39(34-19-11-30(6-2)12-20-34)37-25-27-38(28-26-37)40(35-21-13-31(7-3)14-22-35)36-23-15-32(8-4)16-24-36/h9-28H,5-8H2,1-4H3. The van der Waals surface area contributed by atoms with E-state index in [1.54, 1.807) is 0 Å². The van der Waals surface area contributed by atoms with Crippen LogP contribution < -0.4 is 9.80 Å². The van der Waals surface area contributed by atoms with E-state index in [1.165, 1.54) is 22.3 Å². The van der Waals surface area contributed by atoms with Gasteiger partial charge in [0.25, 0.3) is 0 Å². The molecule has 0 N–H and O–H groups in total. The molecule has 40 heavy (non-hydrogen) atoms. The summed E-state index contributed by atoms with van der Waals surface area (Å²) in [4.78, 5) is 4.69. The van der Waals surface area contributed by atoms with E-state index in [1.807, 2.05) is 0 Å². The Balaban J connectivity index is 1.56. The van der Waals surface area contributed by atoms with E-state index in [0.29, 0.717) is 0 Å². The second-order valence-electron chi connectivity index (χ2n) is 10.3. The fraction of sp³-hybridized carbons (Fsp3) is 0.211. The first-order chi connectivity index (χ1) is 19.6. The molecule has 0 unspecified atom stereocenters. The lowest BCUT2D eigenvalue weighted by atomic mass is 10.1. The molecule has 5 aromatic rings. The van der Waals surface area contributed by atoms with Crippen molar-refractivity contribution in [1.29, 1.82) is 0 Å². The third-order valence-corrected chi connectivity index (χ3v) is 7.78. The fourth-order valence-corrected chi connectivity index (χ4v) is 5.17. The lowest BCUT2D eigenvalue weighted by Crippen LogP contribution is -2.12. The van der Waals surface area contributed by atoms with Crippen molar-refractivity contribution >= 4 is 34.1 Å². The fourth-order valence-electron chi connectivity index (χ4n) is 5.17. The van der Waals surface area contributed by atoms with Crippen LogP contribution in [0.1, 0.15) is 49.9 Å². The molecule has 0 bridgehead atoms. The third kappa shape index (κ3) is 5.97. The second-order valence-corrected chi connectivity index (χ2v) is 10.3. The second kappa shape index (κ2) is 12.7. The van der Waals surface area contributed by atoms with Crippen molar-refractivity contribution in [3.8, 4) is 0 Å². The Morgan fingerprint density at radius 1 is 0.275 bits per heavy atom. The van der Waals surface area contributed by atoms with E-state index in [9.17, 15) is 0 Å². The molecule has 0 amide bonds. The van der Waals surface area contributed by atoms with E-state index < -0.39 is 0 Å². The molecule has 2 nitrogen and oxygen atoms in total. The largest absolute Gasteiger partial charge is 0.311 e. The Morgan fingerprint density at radius 2 is 0.425 bits per heavy atom. The van der Waals surface area contributed by atoms with Crippen LogP contribution in [0.15, 0.2) is 121 Å². The van der Waals surface area contributed by atoms with E-state index in [0.717, 1.165) is 59.8 Å². The molecular formula is C38H40N2. The van der Waals surface area contributed by atoms with Crippen LogP contribution in [0.25, 0.3) is 0 Å². The summed E-state index contributed by atoms with van der Waals surface area (Å²) in [6.45, 7) is 8.80. The maximum atomic E-state index is 2.35. The first-order valence-corrected chi connectivity index (χ1v) is 14.7. The molecule has 0 saturated heterocycles. The summed E-state index contributed by atoms with van der Waals surface area (Å²) in [6.07, 6.45) is 4.14. The monoisotopic (exact) mass is 524 g/mol. The first kappa shape index (κ1) is 27.3. The number of hydrogen-bond donors (Lipinski definition) is 0. The van der Waals surface area contributed by atoms with E-state index in [-0.39, 0.29) is 0 Å². The van der Waals surface area contributed by atoms with Crippen molar-refractivity contribution in [1.82, 2.24) is 0 Å². The molecule has 0 aliphatic heterocycles. The summed E-state index contributed by atoms with van der Waals surface area (Å²) in [5.74, 6) is 0. The number of aryl methyl sites for hydroxylation is 4. The van der Waals surface area contributed by atoms with Gasteiger partial charge in [-0.3, -0.25) is 0 Å². The van der Waals surface area contributed by atoms with Gasteiger partial charge in [-0.05, 0) is 121 Å². The average molecular weight is 525 g/mol. The van der Waals surface area contributed by atoms with Crippen molar-refractivity contribution in [3.63, 3.8) is 0 Å². The zero-order valence-corrected chi connectivity index (χ0v) is 24.3. The minimum atomic E-state index is 1.04. The number of nitrogens with zero attached hydrogens (tertiary/aromatic N) is 2. The highest BCUT2D eigenvalue weighted by Crippen LogP contribution is 2.39. The van der Waals surface area contributed by atoms with Crippen LogP contribution >= 0.6 is 0 Å². The van der Waals surface area contributed by atoms with E-state index in [4.69, 9.17) is 0 Å². The minimum absolute atomic E-state index is 1.04. The molecule has 5 aromatic carbocycles. The molecule has 0 spiro atoms. The summed E-state index contributed by atoms with van der Waals surface area (Å²) in [5, 5.41) is 0. The van der Waals surface area contributed by atoms with Crippen LogP contribution in [0.4, 0.5) is 34.1 Å². The van der Waals surface area contributed by atoms with Crippen molar-refractivity contribution < 1.29 is 0 Å². The van der Waals surface area contributed by atoms with Crippen LogP contribution in [0, 0.1) is 0 Å². The molecular weight excluding hydrogens is 484 g/mol. The van der Waals surface area contributed by atoms with Gasteiger partial charge in [-0.1, -0.05) is 76.2 Å². The highest BCUT2D eigenvalue weighted by molar-refractivity contribution is 5.81. The lowest BCUT2D eigenvalue weighted by Gasteiger charge is -2.28. The van der Waals surface area contributed by atoms with Gasteiger partial charge < -0.3 is 9.80 Å². The van der Waals surface area contributed by atoms with Crippen LogP contribution in [-0.4, -0.2) is 0 Å². The Morgan fingerprint density at radius 3 is 0.575 bits per heavy atom. The number of benzene rings is 5. The summed E-state index contributed by atoms with van der Waals surface area (Å²) in [7, 11) is 0. The topological polar surface area (TPSA) is 6.48 Å². The van der Waals surface area contributed by atoms with Crippen LogP contribution in [0.3, 0.4) is 0 Å². The summed E-state index contributed by atoms with van der Waals surface area (Å²) >= 11 is 0. The zero-order chi connectivity index (χ0) is 27.9. The average Bonchev–Trinajstić information content (AvgIpc) is 3.03. The smallest absolute Gasteiger partial charge is 0.0463 e. The molecule has 5 rings (SSSR count). The van der Waals surface area contributed by atoms with Gasteiger partial charge >= 0.3 is 0 Å². The summed E-state index contributed by atoms with van der Waals surface area (Å²) < 4.78 is 0. The lowest BCUT2D eigenvalue weighted by molar-refractivity contribution is 1.13. The molecule has 0 radical (unpaired) electrons. The maximum absolute atomic E-state index is 2.35. The molecule has 0 aromatic heterocycles. The molecule has 0 aliphatic rings. The highest BCUT2D eigenvalue weighted by atomic mass is 15.2. The normalized spacial score (nSPS) is 10.9. The van der Waals surface area contributed by atoms with Crippen molar-refractivity contribution in [2.75, 3.05) is 9.80 Å². The first-order valence-electron chi connectivity index (χ1n) is 14.7. The molecule has 202 valence electrons. The molecule has 0 atom stereocenters. The highest BCUT2D eigenvalue weighted by Gasteiger charge is 2.16. The molecule has 2 heteroatoms. The molecule has 0 heterocycles. The molecule has 0 fully saturated rings. The van der Waals surface area contributed by atoms with Crippen molar-refractivity contribution in [2.24, 2.45) is 0 Å². The number of anilines is 6. The third-order valence-electron chi connectivity index (χ3n) is 7.78. The Hall–Kier alpha value is -4.30. The van der Waals surface area contributed by atoms with Crippen LogP contribution in [0.2, 0.25) is 0 Å². The van der Waals surface area contributed by atoms with Gasteiger partial charge in [-0.25, -0.2) is 0 Å². The summed E-state index contributed by atoms with van der Waals surface area (Å²) in [6, 6.07) is 44.7. The van der Waals surface area contributed by atoms with Gasteiger partial charge in [0.05, 0.1) is 0 Å². The Kier molecular flexibility index (Phi) is 8.66. The SMILES string of the molecule is CCc1ccc(N(c2ccc(CC)cc2)c2ccc(N(c3ccc(CC)cc3)c3ccc(CC)cc3)cc2)cc1. The van der Waals surface area contributed by atoms with E-state index in [2.05, 4.69) is 159 Å². The van der Waals surface area contributed by atoms with Gasteiger partial charge in [0.15, 0.2) is 0 Å². The maximum Gasteiger partial charge on any atom is 0.0463 e. The van der Waals surface area contributed by atoms with Gasteiger partial charge in [0, 0.05) is 34.1 Å². The van der Waals surface area contributed by atoms with Crippen molar-refractivity contribution in [2.45, 2.75) is 53.4 Å². The van der Waals surface area contributed by atoms with Gasteiger partial charge in [-0.2, -0.15) is 0 Å². The van der Waals surface area contributed by atoms with Gasteiger partial charge in [0.1, 0.15) is 0 Å². The Bertz CT molecular complexity index is 1270. The molecule has 0 aliphatic carbocycles. The quantitative estimate of drug-likeness (QED) is 0.179. The predicted octanol–water partition coefficient (Wildman–Crippen LogP) is 10.9. The molecule has 0 saturated carbocycles. The summed E-state index contributed by atoms with van der Waals surface area (Å²) in [5.41, 5.74) is 12.3. The number of hydrogen-bond acceptors (Lipinski definition) is 2. The minimum Gasteiger partial charge on any atom is -0.311 e. The number of rotatable bonds is 10. The van der Waals surface area contributed by atoms with Crippen LogP contribution in [0.5, 0.6) is 0 Å².